The largest absolute Gasteiger partial charge is 0.368 e. The van der Waals surface area contributed by atoms with E-state index in [1.165, 1.54) is 5.56 Å². The van der Waals surface area contributed by atoms with E-state index in [1.807, 2.05) is 24.3 Å². The van der Waals surface area contributed by atoms with E-state index in [2.05, 4.69) is 36.2 Å². The first kappa shape index (κ1) is 15.9. The molecule has 5 N–H and O–H groups in total. The van der Waals surface area contributed by atoms with Gasteiger partial charge in [-0.3, -0.25) is 10.2 Å². The van der Waals surface area contributed by atoms with Gasteiger partial charge in [-0.05, 0) is 17.9 Å². The lowest BCUT2D eigenvalue weighted by molar-refractivity contribution is 0.0953. The fourth-order valence-corrected chi connectivity index (χ4v) is 2.28. The van der Waals surface area contributed by atoms with Gasteiger partial charge in [0.1, 0.15) is 0 Å². The van der Waals surface area contributed by atoms with Crippen molar-refractivity contribution in [3.05, 3.63) is 41.1 Å². The molecule has 1 aromatic carbocycles. The zero-order chi connectivity index (χ0) is 16.5. The van der Waals surface area contributed by atoms with Crippen molar-refractivity contribution in [1.82, 2.24) is 15.4 Å². The number of nitrogens with two attached hydrogens (primary N) is 2. The van der Waals surface area contributed by atoms with Crippen LogP contribution in [0, 0.1) is 6.92 Å². The summed E-state index contributed by atoms with van der Waals surface area (Å²) in [5, 5.41) is 0. The topological polar surface area (TPSA) is 107 Å². The van der Waals surface area contributed by atoms with Crippen molar-refractivity contribution in [3.8, 4) is 11.3 Å². The van der Waals surface area contributed by atoms with Crippen molar-refractivity contribution in [2.75, 3.05) is 5.73 Å². The van der Waals surface area contributed by atoms with Gasteiger partial charge in [-0.2, -0.15) is 0 Å². The molecule has 1 amide bonds. The summed E-state index contributed by atoms with van der Waals surface area (Å²) in [5.74, 6) is 4.94. The molecule has 0 aliphatic rings. The van der Waals surface area contributed by atoms with Crippen molar-refractivity contribution in [2.24, 2.45) is 5.84 Å². The van der Waals surface area contributed by atoms with Crippen LogP contribution in [0.25, 0.3) is 11.3 Å². The Morgan fingerprint density at radius 3 is 2.23 bits per heavy atom. The minimum absolute atomic E-state index is 0.0522. The Bertz CT molecular complexity index is 702. The van der Waals surface area contributed by atoms with E-state index in [0.717, 1.165) is 5.56 Å². The van der Waals surface area contributed by atoms with Gasteiger partial charge in [-0.15, -0.1) is 0 Å². The van der Waals surface area contributed by atoms with E-state index >= 15 is 0 Å². The predicted molar refractivity (Wildman–Crippen MR) is 87.0 cm³/mol. The zero-order valence-electron chi connectivity index (χ0n) is 13.3. The summed E-state index contributed by atoms with van der Waals surface area (Å²) in [6, 6.07) is 7.89. The third-order valence-electron chi connectivity index (χ3n) is 3.49. The Morgan fingerprint density at radius 1 is 1.14 bits per heavy atom. The van der Waals surface area contributed by atoms with Crippen molar-refractivity contribution in [3.63, 3.8) is 0 Å². The number of aromatic nitrogens is 2. The molecular formula is C16H21N5O. The second kappa shape index (κ2) is 5.73. The Balaban J connectivity index is 2.59. The van der Waals surface area contributed by atoms with Gasteiger partial charge < -0.3 is 5.73 Å². The van der Waals surface area contributed by atoms with Crippen LogP contribution in [-0.2, 0) is 5.41 Å². The molecule has 6 nitrogen and oxygen atoms in total. The first-order valence-electron chi connectivity index (χ1n) is 7.00. The highest BCUT2D eigenvalue weighted by Crippen LogP contribution is 2.28. The Hall–Kier alpha value is -2.47. The summed E-state index contributed by atoms with van der Waals surface area (Å²) >= 11 is 0. The molecule has 0 aliphatic carbocycles. The molecule has 1 heterocycles. The van der Waals surface area contributed by atoms with Crippen molar-refractivity contribution in [2.45, 2.75) is 33.1 Å². The average molecular weight is 299 g/mol. The van der Waals surface area contributed by atoms with E-state index in [4.69, 9.17) is 11.6 Å². The number of nitrogens with one attached hydrogen (secondary N) is 1. The summed E-state index contributed by atoms with van der Waals surface area (Å²) in [5.41, 5.74) is 11.2. The second-order valence-corrected chi connectivity index (χ2v) is 6.19. The summed E-state index contributed by atoms with van der Waals surface area (Å²) < 4.78 is 0. The average Bonchev–Trinajstić information content (AvgIpc) is 2.45. The minimum atomic E-state index is -0.438. The lowest BCUT2D eigenvalue weighted by atomic mass is 9.86. The van der Waals surface area contributed by atoms with E-state index in [0.29, 0.717) is 17.0 Å². The summed E-state index contributed by atoms with van der Waals surface area (Å²) in [7, 11) is 0. The van der Waals surface area contributed by atoms with E-state index in [-0.39, 0.29) is 11.4 Å². The number of rotatable bonds is 2. The van der Waals surface area contributed by atoms with Gasteiger partial charge >= 0.3 is 0 Å². The van der Waals surface area contributed by atoms with E-state index < -0.39 is 5.91 Å². The maximum absolute atomic E-state index is 12.0. The molecule has 0 atom stereocenters. The monoisotopic (exact) mass is 299 g/mol. The first-order chi connectivity index (χ1) is 10.2. The molecule has 0 fully saturated rings. The van der Waals surface area contributed by atoms with Crippen LogP contribution in [0.3, 0.4) is 0 Å². The van der Waals surface area contributed by atoms with Crippen LogP contribution < -0.4 is 17.0 Å². The van der Waals surface area contributed by atoms with Crippen LogP contribution in [0.5, 0.6) is 0 Å². The lowest BCUT2D eigenvalue weighted by Crippen LogP contribution is -2.31. The zero-order valence-corrected chi connectivity index (χ0v) is 13.3. The molecule has 0 radical (unpaired) electrons. The predicted octanol–water partition coefficient (Wildman–Crippen LogP) is 1.94. The highest BCUT2D eigenvalue weighted by Gasteiger charge is 2.19. The standard InChI is InChI=1S/C16H21N5O/c1-9-12(14(22)21-18)13(20-15(17)19-9)10-5-7-11(8-6-10)16(2,3)4/h5-8H,18H2,1-4H3,(H,21,22)(H2,17,19,20). The first-order valence-corrected chi connectivity index (χ1v) is 7.00. The molecule has 22 heavy (non-hydrogen) atoms. The molecule has 0 unspecified atom stereocenters. The third kappa shape index (κ3) is 3.07. The molecule has 6 heteroatoms. The van der Waals surface area contributed by atoms with E-state index in [9.17, 15) is 4.79 Å². The molecule has 2 aromatic rings. The van der Waals surface area contributed by atoms with Gasteiger partial charge in [0.15, 0.2) is 0 Å². The van der Waals surface area contributed by atoms with Crippen molar-refractivity contribution >= 4 is 11.9 Å². The van der Waals surface area contributed by atoms with Crippen LogP contribution in [0.2, 0.25) is 0 Å². The van der Waals surface area contributed by atoms with Gasteiger partial charge in [0, 0.05) is 5.56 Å². The molecule has 0 spiro atoms. The van der Waals surface area contributed by atoms with Gasteiger partial charge in [0.25, 0.3) is 5.91 Å². The normalized spacial score (nSPS) is 11.3. The molecule has 1 aromatic heterocycles. The SMILES string of the molecule is Cc1nc(N)nc(-c2ccc(C(C)(C)C)cc2)c1C(=O)NN. The number of aryl methyl sites for hydroxylation is 1. The highest BCUT2D eigenvalue weighted by atomic mass is 16.2. The van der Waals surface area contributed by atoms with Gasteiger partial charge in [-0.25, -0.2) is 15.8 Å². The summed E-state index contributed by atoms with van der Waals surface area (Å²) in [6.07, 6.45) is 0. The fraction of sp³-hybridized carbons (Fsp3) is 0.312. The van der Waals surface area contributed by atoms with Crippen LogP contribution in [0.4, 0.5) is 5.95 Å². The lowest BCUT2D eigenvalue weighted by Gasteiger charge is -2.19. The third-order valence-corrected chi connectivity index (χ3v) is 3.49. The number of hydrazine groups is 1. The highest BCUT2D eigenvalue weighted by molar-refractivity contribution is 6.00. The Morgan fingerprint density at radius 2 is 1.73 bits per heavy atom. The number of hydrogen-bond acceptors (Lipinski definition) is 5. The van der Waals surface area contributed by atoms with Gasteiger partial charge in [-0.1, -0.05) is 45.0 Å². The van der Waals surface area contributed by atoms with Gasteiger partial charge in [0.05, 0.1) is 17.0 Å². The number of carbonyl (C=O) groups excluding carboxylic acids is 1. The van der Waals surface area contributed by atoms with Crippen molar-refractivity contribution < 1.29 is 4.79 Å². The molecule has 0 aliphatic heterocycles. The maximum Gasteiger partial charge on any atom is 0.269 e. The summed E-state index contributed by atoms with van der Waals surface area (Å²) in [4.78, 5) is 20.3. The quantitative estimate of drug-likeness (QED) is 0.446. The minimum Gasteiger partial charge on any atom is -0.368 e. The van der Waals surface area contributed by atoms with Gasteiger partial charge in [0.2, 0.25) is 5.95 Å². The number of carbonyl (C=O) groups is 1. The number of benzene rings is 1. The number of amides is 1. The van der Waals surface area contributed by atoms with E-state index in [1.54, 1.807) is 6.92 Å². The second-order valence-electron chi connectivity index (χ2n) is 6.19. The molecule has 2 rings (SSSR count). The van der Waals surface area contributed by atoms with Crippen LogP contribution in [0.15, 0.2) is 24.3 Å². The fourth-order valence-electron chi connectivity index (χ4n) is 2.28. The van der Waals surface area contributed by atoms with Crippen LogP contribution in [0.1, 0.15) is 42.4 Å². The number of hydrogen-bond donors (Lipinski definition) is 3. The maximum atomic E-state index is 12.0. The molecule has 0 saturated heterocycles. The molecule has 116 valence electrons. The number of nitrogens with zero attached hydrogens (tertiary/aromatic N) is 2. The Kier molecular flexibility index (Phi) is 4.14. The molecule has 0 saturated carbocycles. The Labute approximate surface area is 129 Å². The van der Waals surface area contributed by atoms with Crippen LogP contribution in [-0.4, -0.2) is 15.9 Å². The number of nitrogen functional groups attached to an aromatic ring is 2. The van der Waals surface area contributed by atoms with Crippen LogP contribution >= 0.6 is 0 Å². The molecular weight excluding hydrogens is 278 g/mol. The summed E-state index contributed by atoms with van der Waals surface area (Å²) in [6.45, 7) is 8.13. The van der Waals surface area contributed by atoms with Crippen molar-refractivity contribution in [1.29, 1.82) is 0 Å². The molecule has 0 bridgehead atoms. The smallest absolute Gasteiger partial charge is 0.269 e. The number of anilines is 1.